The highest BCUT2D eigenvalue weighted by atomic mass is 19.4. The Morgan fingerprint density at radius 3 is 2.86 bits per heavy atom. The third-order valence-electron chi connectivity index (χ3n) is 6.17. The van der Waals surface area contributed by atoms with E-state index in [1.54, 1.807) is 17.4 Å². The minimum atomic E-state index is -4.85. The molecular formula is C21H22F3N9O3. The number of alkyl halides is 3. The number of hydrogen-bond donors (Lipinski definition) is 4. The maximum absolute atomic E-state index is 13.5. The highest BCUT2D eigenvalue weighted by Crippen LogP contribution is 2.38. The first-order chi connectivity index (χ1) is 17.2. The lowest BCUT2D eigenvalue weighted by molar-refractivity contribution is -0.161. The van der Waals surface area contributed by atoms with Crippen LogP contribution in [0.2, 0.25) is 0 Å². The van der Waals surface area contributed by atoms with Crippen LogP contribution in [0.15, 0.2) is 18.3 Å². The van der Waals surface area contributed by atoms with Gasteiger partial charge in [0.05, 0.1) is 29.9 Å². The Labute approximate surface area is 201 Å². The first-order valence-corrected chi connectivity index (χ1v) is 11.2. The van der Waals surface area contributed by atoms with Gasteiger partial charge in [0.25, 0.3) is 5.91 Å². The molecule has 3 aromatic heterocycles. The number of amides is 3. The highest BCUT2D eigenvalue weighted by Gasteiger charge is 2.42. The van der Waals surface area contributed by atoms with Crippen LogP contribution in [-0.2, 0) is 0 Å². The molecule has 190 valence electrons. The Morgan fingerprint density at radius 1 is 1.31 bits per heavy atom. The van der Waals surface area contributed by atoms with Crippen LogP contribution in [0, 0.1) is 6.92 Å². The van der Waals surface area contributed by atoms with Crippen LogP contribution in [-0.4, -0.2) is 80.2 Å². The Kier molecular flexibility index (Phi) is 5.86. The number of halogens is 3. The molecule has 2 aliphatic heterocycles. The molecular weight excluding hydrogens is 483 g/mol. The molecule has 1 saturated heterocycles. The second-order valence-corrected chi connectivity index (χ2v) is 8.62. The molecule has 15 heteroatoms. The summed E-state index contributed by atoms with van der Waals surface area (Å²) in [6, 6.07) is 0.221. The van der Waals surface area contributed by atoms with Crippen molar-refractivity contribution in [3.8, 4) is 0 Å². The molecule has 5 heterocycles. The molecule has 1 fully saturated rings. The van der Waals surface area contributed by atoms with Crippen molar-refractivity contribution in [2.45, 2.75) is 38.0 Å². The molecule has 12 nitrogen and oxygen atoms in total. The summed E-state index contributed by atoms with van der Waals surface area (Å²) in [5.41, 5.74) is 1.75. The number of aromatic amines is 1. The lowest BCUT2D eigenvalue weighted by Crippen LogP contribution is -2.56. The van der Waals surface area contributed by atoms with Crippen LogP contribution in [0.25, 0.3) is 11.0 Å². The summed E-state index contributed by atoms with van der Waals surface area (Å²) in [5.74, 6) is -1.42. The van der Waals surface area contributed by atoms with Gasteiger partial charge in [0.15, 0.2) is 17.3 Å². The normalized spacial score (nSPS) is 18.1. The summed E-state index contributed by atoms with van der Waals surface area (Å²) in [6.07, 6.45) is -2.07. The van der Waals surface area contributed by atoms with E-state index in [0.29, 0.717) is 36.2 Å². The number of hydrogen-bond acceptors (Lipinski definition) is 8. The summed E-state index contributed by atoms with van der Waals surface area (Å²) in [7, 11) is 0. The zero-order valence-corrected chi connectivity index (χ0v) is 19.0. The van der Waals surface area contributed by atoms with Gasteiger partial charge in [0.1, 0.15) is 6.04 Å². The van der Waals surface area contributed by atoms with E-state index in [1.807, 2.05) is 11.8 Å². The van der Waals surface area contributed by atoms with Crippen molar-refractivity contribution in [1.82, 2.24) is 30.5 Å². The van der Waals surface area contributed by atoms with E-state index in [4.69, 9.17) is 5.11 Å². The summed E-state index contributed by atoms with van der Waals surface area (Å²) in [6.45, 7) is 1.68. The van der Waals surface area contributed by atoms with E-state index in [1.165, 1.54) is 11.1 Å². The fourth-order valence-corrected chi connectivity index (χ4v) is 4.41. The van der Waals surface area contributed by atoms with E-state index < -0.39 is 36.6 Å². The van der Waals surface area contributed by atoms with Crippen molar-refractivity contribution in [3.05, 3.63) is 29.8 Å². The van der Waals surface area contributed by atoms with Gasteiger partial charge in [-0.3, -0.25) is 20.1 Å². The Hall–Kier alpha value is -4.01. The maximum atomic E-state index is 13.5. The number of aliphatic hydroxyl groups is 1. The number of aliphatic hydroxyl groups excluding tert-OH is 1. The number of piperidine rings is 1. The number of fused-ring (bicyclic) bond motifs is 5. The second kappa shape index (κ2) is 8.89. The molecule has 0 spiro atoms. The molecule has 2 aliphatic rings. The topological polar surface area (TPSA) is 152 Å². The zero-order valence-electron chi connectivity index (χ0n) is 19.0. The van der Waals surface area contributed by atoms with Gasteiger partial charge in [-0.05, 0) is 31.9 Å². The molecule has 0 aromatic carbocycles. The largest absolute Gasteiger partial charge is 0.410 e. The molecule has 1 unspecified atom stereocenters. The maximum Gasteiger partial charge on any atom is 0.410 e. The number of aryl methyl sites for hydroxylation is 1. The SMILES string of the molecule is Cc1ccc2c(NC(=O)N3c4nc(C(=O)NC(CO)C(F)(F)F)ncc4N4CCC[C@H]3C4)n[nH]c2n1. The molecule has 4 N–H and O–H groups in total. The molecule has 0 aliphatic carbocycles. The van der Waals surface area contributed by atoms with Crippen molar-refractivity contribution in [1.29, 1.82) is 0 Å². The van der Waals surface area contributed by atoms with Crippen molar-refractivity contribution in [2.24, 2.45) is 0 Å². The average Bonchev–Trinajstić information content (AvgIpc) is 3.23. The zero-order chi connectivity index (χ0) is 25.6. The van der Waals surface area contributed by atoms with Gasteiger partial charge in [-0.15, -0.1) is 0 Å². The van der Waals surface area contributed by atoms with Crippen molar-refractivity contribution < 1.29 is 27.9 Å². The third-order valence-corrected chi connectivity index (χ3v) is 6.17. The lowest BCUT2D eigenvalue weighted by atomic mass is 10.0. The predicted octanol–water partition coefficient (Wildman–Crippen LogP) is 1.73. The van der Waals surface area contributed by atoms with E-state index in [9.17, 15) is 22.8 Å². The Morgan fingerprint density at radius 2 is 2.11 bits per heavy atom. The van der Waals surface area contributed by atoms with Crippen molar-refractivity contribution in [3.63, 3.8) is 0 Å². The summed E-state index contributed by atoms with van der Waals surface area (Å²) >= 11 is 0. The Balaban J connectivity index is 1.47. The number of rotatable bonds is 4. The molecule has 0 radical (unpaired) electrons. The summed E-state index contributed by atoms with van der Waals surface area (Å²) in [4.78, 5) is 41.8. The number of urea groups is 1. The van der Waals surface area contributed by atoms with Gasteiger partial charge in [-0.1, -0.05) is 0 Å². The number of pyridine rings is 1. The van der Waals surface area contributed by atoms with Crippen molar-refractivity contribution >= 4 is 40.3 Å². The predicted molar refractivity (Wildman–Crippen MR) is 122 cm³/mol. The first-order valence-electron chi connectivity index (χ1n) is 11.2. The molecule has 2 bridgehead atoms. The molecule has 2 atom stereocenters. The first kappa shape index (κ1) is 23.7. The van der Waals surface area contributed by atoms with Crippen LogP contribution in [0.1, 0.15) is 29.2 Å². The van der Waals surface area contributed by atoms with Crippen LogP contribution < -0.4 is 20.4 Å². The fourth-order valence-electron chi connectivity index (χ4n) is 4.41. The van der Waals surface area contributed by atoms with Gasteiger partial charge < -0.3 is 15.3 Å². The highest BCUT2D eigenvalue weighted by molar-refractivity contribution is 6.07. The number of anilines is 3. The van der Waals surface area contributed by atoms with Crippen LogP contribution in [0.5, 0.6) is 0 Å². The van der Waals surface area contributed by atoms with Gasteiger partial charge in [-0.25, -0.2) is 19.7 Å². The van der Waals surface area contributed by atoms with Crippen LogP contribution in [0.3, 0.4) is 0 Å². The lowest BCUT2D eigenvalue weighted by Gasteiger charge is -2.45. The number of nitrogens with zero attached hydrogens (tertiary/aromatic N) is 6. The molecule has 0 saturated carbocycles. The van der Waals surface area contributed by atoms with Crippen molar-refractivity contribution in [2.75, 3.05) is 34.8 Å². The fraction of sp³-hybridized carbons (Fsp3) is 0.429. The van der Waals surface area contributed by atoms with Crippen LogP contribution in [0.4, 0.5) is 35.3 Å². The van der Waals surface area contributed by atoms with Gasteiger partial charge >= 0.3 is 12.2 Å². The molecule has 3 amide bonds. The number of aromatic nitrogens is 5. The minimum absolute atomic E-state index is 0.102. The number of nitrogens with one attached hydrogen (secondary N) is 3. The van der Waals surface area contributed by atoms with Crippen LogP contribution >= 0.6 is 0 Å². The monoisotopic (exact) mass is 505 g/mol. The molecule has 36 heavy (non-hydrogen) atoms. The van der Waals surface area contributed by atoms with E-state index in [-0.39, 0.29) is 17.7 Å². The standard InChI is InChI=1S/C21H22F3N9O3/c1-10-4-5-12-15(26-10)30-31-16(12)29-20(36)33-11-3-2-6-32(8-11)13-7-25-17(28-18(13)33)19(35)27-14(9-34)21(22,23)24/h4-5,7,11,14,34H,2-3,6,8-9H2,1H3,(H,27,35)(H2,26,29,30,31,36)/t11-,14?/m0/s1. The quantitative estimate of drug-likeness (QED) is 0.418. The number of carbonyl (C=O) groups excluding carboxylic acids is 2. The van der Waals surface area contributed by atoms with Gasteiger partial charge in [-0.2, -0.15) is 18.3 Å². The number of carbonyl (C=O) groups is 2. The van der Waals surface area contributed by atoms with E-state index in [0.717, 1.165) is 12.1 Å². The van der Waals surface area contributed by atoms with Gasteiger partial charge in [0.2, 0.25) is 5.82 Å². The minimum Gasteiger partial charge on any atom is -0.394 e. The van der Waals surface area contributed by atoms with Gasteiger partial charge in [0, 0.05) is 18.8 Å². The average molecular weight is 505 g/mol. The molecule has 3 aromatic rings. The third kappa shape index (κ3) is 4.25. The molecule has 5 rings (SSSR count). The second-order valence-electron chi connectivity index (χ2n) is 8.62. The summed E-state index contributed by atoms with van der Waals surface area (Å²) in [5, 5.41) is 21.0. The Bertz CT molecular complexity index is 1330. The van der Waals surface area contributed by atoms with E-state index >= 15 is 0 Å². The van der Waals surface area contributed by atoms with E-state index in [2.05, 4.69) is 30.5 Å². The smallest absolute Gasteiger partial charge is 0.394 e. The number of H-pyrrole nitrogens is 1. The summed E-state index contributed by atoms with van der Waals surface area (Å²) < 4.78 is 39.0.